The fraction of sp³-hybridized carbons (Fsp3) is 0.235. The predicted octanol–water partition coefficient (Wildman–Crippen LogP) is 2.63. The third kappa shape index (κ3) is 4.01. The van der Waals surface area contributed by atoms with E-state index in [4.69, 9.17) is 0 Å². The lowest BCUT2D eigenvalue weighted by atomic mass is 10.1. The maximum absolute atomic E-state index is 12.2. The van der Waals surface area contributed by atoms with E-state index in [-0.39, 0.29) is 17.2 Å². The van der Waals surface area contributed by atoms with Crippen molar-refractivity contribution in [2.24, 2.45) is 0 Å². The van der Waals surface area contributed by atoms with Gasteiger partial charge in [0.25, 0.3) is 11.6 Å². The van der Waals surface area contributed by atoms with Crippen molar-refractivity contribution in [1.82, 2.24) is 5.32 Å². The minimum atomic E-state index is -0.511. The summed E-state index contributed by atoms with van der Waals surface area (Å²) < 4.78 is 0. The first-order valence-corrected chi connectivity index (χ1v) is 7.43. The van der Waals surface area contributed by atoms with Gasteiger partial charge >= 0.3 is 0 Å². The van der Waals surface area contributed by atoms with Crippen molar-refractivity contribution in [2.75, 3.05) is 31.4 Å². The zero-order valence-electron chi connectivity index (χ0n) is 13.9. The number of benzene rings is 2. The number of rotatable bonds is 6. The maximum atomic E-state index is 12.2. The van der Waals surface area contributed by atoms with Gasteiger partial charge in [-0.3, -0.25) is 14.9 Å². The molecule has 0 heterocycles. The van der Waals surface area contributed by atoms with E-state index in [0.29, 0.717) is 12.2 Å². The van der Waals surface area contributed by atoms with Crippen LogP contribution >= 0.6 is 0 Å². The molecule has 2 aromatic carbocycles. The molecule has 2 N–H and O–H groups in total. The standard InChI is InChI=1S/C17H20N4O3/c1-18-15-9-6-13(10-16(15)21(23)24)17(22)19-11-12-4-7-14(8-5-12)20(2)3/h4-10,18H,11H2,1-3H3,(H,19,22). The van der Waals surface area contributed by atoms with Gasteiger partial charge in [-0.1, -0.05) is 12.1 Å². The molecule has 24 heavy (non-hydrogen) atoms. The third-order valence-corrected chi connectivity index (χ3v) is 3.63. The quantitative estimate of drug-likeness (QED) is 0.629. The second-order valence-electron chi connectivity index (χ2n) is 5.48. The first kappa shape index (κ1) is 17.3. The molecule has 0 aromatic heterocycles. The Hall–Kier alpha value is -3.09. The number of carbonyl (C=O) groups excluding carboxylic acids is 1. The Morgan fingerprint density at radius 1 is 1.17 bits per heavy atom. The number of nitrogens with zero attached hydrogens (tertiary/aromatic N) is 2. The molecule has 0 aliphatic rings. The number of amides is 1. The van der Waals surface area contributed by atoms with E-state index in [1.165, 1.54) is 12.1 Å². The average Bonchev–Trinajstić information content (AvgIpc) is 2.59. The molecule has 0 unspecified atom stereocenters. The van der Waals surface area contributed by atoms with Gasteiger partial charge in [-0.25, -0.2) is 0 Å². The molecule has 0 aliphatic heterocycles. The summed E-state index contributed by atoms with van der Waals surface area (Å²) in [6.45, 7) is 0.355. The number of carbonyl (C=O) groups is 1. The van der Waals surface area contributed by atoms with Crippen LogP contribution in [0.2, 0.25) is 0 Å². The largest absolute Gasteiger partial charge is 0.383 e. The van der Waals surface area contributed by atoms with Crippen molar-refractivity contribution in [2.45, 2.75) is 6.54 Å². The number of hydrogen-bond donors (Lipinski definition) is 2. The van der Waals surface area contributed by atoms with Gasteiger partial charge in [0.1, 0.15) is 5.69 Å². The second kappa shape index (κ2) is 7.45. The van der Waals surface area contributed by atoms with Crippen LogP contribution in [0, 0.1) is 10.1 Å². The highest BCUT2D eigenvalue weighted by molar-refractivity contribution is 5.95. The number of nitrogens with one attached hydrogen (secondary N) is 2. The molecule has 0 radical (unpaired) electrons. The van der Waals surface area contributed by atoms with Crippen molar-refractivity contribution in [1.29, 1.82) is 0 Å². The van der Waals surface area contributed by atoms with E-state index in [1.807, 2.05) is 43.3 Å². The van der Waals surface area contributed by atoms with Crippen molar-refractivity contribution >= 4 is 23.0 Å². The Labute approximate surface area is 140 Å². The Balaban J connectivity index is 2.07. The van der Waals surface area contributed by atoms with Crippen LogP contribution in [0.4, 0.5) is 17.1 Å². The molecule has 126 valence electrons. The summed E-state index contributed by atoms with van der Waals surface area (Å²) in [5.41, 5.74) is 2.53. The second-order valence-corrected chi connectivity index (χ2v) is 5.48. The van der Waals surface area contributed by atoms with Crippen molar-refractivity contribution in [3.05, 3.63) is 63.7 Å². The van der Waals surface area contributed by atoms with Gasteiger partial charge in [0.2, 0.25) is 0 Å². The molecular weight excluding hydrogens is 308 g/mol. The van der Waals surface area contributed by atoms with Crippen LogP contribution < -0.4 is 15.5 Å². The zero-order chi connectivity index (χ0) is 17.7. The third-order valence-electron chi connectivity index (χ3n) is 3.63. The van der Waals surface area contributed by atoms with Crippen LogP contribution in [0.1, 0.15) is 15.9 Å². The summed E-state index contributed by atoms with van der Waals surface area (Å²) in [5, 5.41) is 16.6. The Morgan fingerprint density at radius 2 is 1.83 bits per heavy atom. The van der Waals surface area contributed by atoms with Gasteiger partial charge in [-0.05, 0) is 29.8 Å². The van der Waals surface area contributed by atoms with Crippen LogP contribution in [0.25, 0.3) is 0 Å². The minimum Gasteiger partial charge on any atom is -0.383 e. The Morgan fingerprint density at radius 3 is 2.38 bits per heavy atom. The summed E-state index contributed by atoms with van der Waals surface area (Å²) in [6, 6.07) is 12.2. The van der Waals surface area contributed by atoms with Crippen molar-refractivity contribution in [3.63, 3.8) is 0 Å². The van der Waals surface area contributed by atoms with Gasteiger partial charge in [-0.15, -0.1) is 0 Å². The van der Waals surface area contributed by atoms with E-state index < -0.39 is 4.92 Å². The lowest BCUT2D eigenvalue weighted by Crippen LogP contribution is -2.23. The lowest BCUT2D eigenvalue weighted by Gasteiger charge is -2.13. The SMILES string of the molecule is CNc1ccc(C(=O)NCc2ccc(N(C)C)cc2)cc1[N+](=O)[O-]. The van der Waals surface area contributed by atoms with E-state index in [2.05, 4.69) is 10.6 Å². The maximum Gasteiger partial charge on any atom is 0.293 e. The molecule has 2 rings (SSSR count). The highest BCUT2D eigenvalue weighted by Gasteiger charge is 2.16. The molecule has 7 nitrogen and oxygen atoms in total. The van der Waals surface area contributed by atoms with Gasteiger partial charge in [0, 0.05) is 45.0 Å². The van der Waals surface area contributed by atoms with Crippen LogP contribution in [-0.4, -0.2) is 32.0 Å². The highest BCUT2D eigenvalue weighted by atomic mass is 16.6. The van der Waals surface area contributed by atoms with E-state index in [9.17, 15) is 14.9 Å². The topological polar surface area (TPSA) is 87.5 Å². The fourth-order valence-electron chi connectivity index (χ4n) is 2.23. The van der Waals surface area contributed by atoms with Gasteiger partial charge < -0.3 is 15.5 Å². The molecular formula is C17H20N4O3. The van der Waals surface area contributed by atoms with Crippen molar-refractivity contribution in [3.8, 4) is 0 Å². The molecule has 0 saturated heterocycles. The van der Waals surface area contributed by atoms with Gasteiger partial charge in [0.15, 0.2) is 0 Å². The van der Waals surface area contributed by atoms with Crippen LogP contribution in [0.5, 0.6) is 0 Å². The van der Waals surface area contributed by atoms with Crippen LogP contribution in [0.3, 0.4) is 0 Å². The van der Waals surface area contributed by atoms with Gasteiger partial charge in [-0.2, -0.15) is 0 Å². The molecule has 0 fully saturated rings. The minimum absolute atomic E-state index is 0.125. The molecule has 0 bridgehead atoms. The molecule has 2 aromatic rings. The van der Waals surface area contributed by atoms with Gasteiger partial charge in [0.05, 0.1) is 4.92 Å². The zero-order valence-corrected chi connectivity index (χ0v) is 13.9. The monoisotopic (exact) mass is 328 g/mol. The lowest BCUT2D eigenvalue weighted by molar-refractivity contribution is -0.384. The molecule has 0 atom stereocenters. The molecule has 7 heteroatoms. The van der Waals surface area contributed by atoms with Crippen LogP contribution in [0.15, 0.2) is 42.5 Å². The molecule has 1 amide bonds. The summed E-state index contributed by atoms with van der Waals surface area (Å²) in [5.74, 6) is -0.350. The van der Waals surface area contributed by atoms with E-state index in [1.54, 1.807) is 13.1 Å². The number of anilines is 2. The molecule has 0 spiro atoms. The summed E-state index contributed by atoms with van der Waals surface area (Å²) in [7, 11) is 5.51. The summed E-state index contributed by atoms with van der Waals surface area (Å²) >= 11 is 0. The number of hydrogen-bond acceptors (Lipinski definition) is 5. The summed E-state index contributed by atoms with van der Waals surface area (Å²) in [4.78, 5) is 24.7. The first-order valence-electron chi connectivity index (χ1n) is 7.43. The van der Waals surface area contributed by atoms with Crippen LogP contribution in [-0.2, 0) is 6.54 Å². The smallest absolute Gasteiger partial charge is 0.293 e. The Kier molecular flexibility index (Phi) is 5.36. The number of nitro groups is 1. The number of nitro benzene ring substituents is 1. The molecule has 0 aliphatic carbocycles. The van der Waals surface area contributed by atoms with Crippen molar-refractivity contribution < 1.29 is 9.72 Å². The summed E-state index contributed by atoms with van der Waals surface area (Å²) in [6.07, 6.45) is 0. The normalized spacial score (nSPS) is 10.1. The fourth-order valence-corrected chi connectivity index (χ4v) is 2.23. The highest BCUT2D eigenvalue weighted by Crippen LogP contribution is 2.25. The van der Waals surface area contributed by atoms with E-state index >= 15 is 0 Å². The van der Waals surface area contributed by atoms with E-state index in [0.717, 1.165) is 11.3 Å². The molecule has 0 saturated carbocycles. The first-order chi connectivity index (χ1) is 11.4. The predicted molar refractivity (Wildman–Crippen MR) is 94.6 cm³/mol. The average molecular weight is 328 g/mol. The Bertz CT molecular complexity index is 742.